The lowest BCUT2D eigenvalue weighted by Gasteiger charge is -2.23. The van der Waals surface area contributed by atoms with Crippen LogP contribution in [0.4, 0.5) is 5.82 Å². The van der Waals surface area contributed by atoms with E-state index < -0.39 is 0 Å². The molecule has 0 aliphatic carbocycles. The Morgan fingerprint density at radius 1 is 1.40 bits per heavy atom. The summed E-state index contributed by atoms with van der Waals surface area (Å²) in [6, 6.07) is 3.71. The van der Waals surface area contributed by atoms with Gasteiger partial charge >= 0.3 is 5.97 Å². The normalized spacial score (nSPS) is 12.3. The van der Waals surface area contributed by atoms with E-state index in [4.69, 9.17) is 9.47 Å². The Hall–Kier alpha value is -1.62. The maximum atomic E-state index is 11.5. The number of anilines is 1. The minimum atomic E-state index is -0.365. The largest absolute Gasteiger partial charge is 0.465 e. The third kappa shape index (κ3) is 4.49. The summed E-state index contributed by atoms with van der Waals surface area (Å²) in [5.74, 6) is 0.800. The van der Waals surface area contributed by atoms with Gasteiger partial charge < -0.3 is 14.8 Å². The van der Waals surface area contributed by atoms with Crippen molar-refractivity contribution in [3.63, 3.8) is 0 Å². The van der Waals surface area contributed by atoms with Crippen LogP contribution < -0.4 is 5.32 Å². The summed E-state index contributed by atoms with van der Waals surface area (Å²) in [6.07, 6.45) is 0. The van der Waals surface area contributed by atoms with E-state index in [0.717, 1.165) is 5.82 Å². The molecule has 0 radical (unpaired) electrons. The maximum Gasteiger partial charge on any atom is 0.339 e. The first-order valence-electron chi connectivity index (χ1n) is 6.89. The number of nitrogens with one attached hydrogen (secondary N) is 1. The minimum Gasteiger partial charge on any atom is -0.465 e. The summed E-state index contributed by atoms with van der Waals surface area (Å²) in [6.45, 7) is 9.36. The number of methoxy groups -OCH3 is 1. The average Bonchev–Trinajstić information content (AvgIpc) is 2.42. The van der Waals surface area contributed by atoms with Crippen LogP contribution in [0.5, 0.6) is 0 Å². The highest BCUT2D eigenvalue weighted by molar-refractivity contribution is 5.90. The standard InChI is InChI=1S/C15H24N2O3/c1-6-20-9-13(10(2)3)17-14-8-7-12(11(4)16-14)15(18)19-5/h7-8,10,13H,6,9H2,1-5H3,(H,16,17). The number of rotatable bonds is 7. The maximum absolute atomic E-state index is 11.5. The zero-order chi connectivity index (χ0) is 15.1. The van der Waals surface area contributed by atoms with E-state index in [-0.39, 0.29) is 12.0 Å². The van der Waals surface area contributed by atoms with Crippen LogP contribution in [0.15, 0.2) is 12.1 Å². The van der Waals surface area contributed by atoms with Crippen LogP contribution in [0.25, 0.3) is 0 Å². The number of carbonyl (C=O) groups is 1. The number of hydrogen-bond donors (Lipinski definition) is 1. The second-order valence-electron chi connectivity index (χ2n) is 4.98. The first-order valence-corrected chi connectivity index (χ1v) is 6.89. The monoisotopic (exact) mass is 280 g/mol. The second kappa shape index (κ2) is 7.85. The first-order chi connectivity index (χ1) is 9.49. The summed E-state index contributed by atoms with van der Waals surface area (Å²) >= 11 is 0. The van der Waals surface area contributed by atoms with Crippen LogP contribution in [0.2, 0.25) is 0 Å². The molecule has 1 heterocycles. The Kier molecular flexibility index (Phi) is 6.45. The van der Waals surface area contributed by atoms with Crippen LogP contribution in [0.1, 0.15) is 36.8 Å². The molecular weight excluding hydrogens is 256 g/mol. The summed E-state index contributed by atoms with van der Waals surface area (Å²) in [5, 5.41) is 3.35. The topological polar surface area (TPSA) is 60.5 Å². The molecular formula is C15H24N2O3. The fourth-order valence-electron chi connectivity index (χ4n) is 1.80. The number of hydrogen-bond acceptors (Lipinski definition) is 5. The predicted octanol–water partition coefficient (Wildman–Crippen LogP) is 2.65. The molecule has 1 aromatic rings. The van der Waals surface area contributed by atoms with Crippen molar-refractivity contribution in [2.45, 2.75) is 33.7 Å². The van der Waals surface area contributed by atoms with Crippen molar-refractivity contribution < 1.29 is 14.3 Å². The number of nitrogens with zero attached hydrogens (tertiary/aromatic N) is 1. The van der Waals surface area contributed by atoms with Gasteiger partial charge in [-0.05, 0) is 31.9 Å². The highest BCUT2D eigenvalue weighted by Gasteiger charge is 2.15. The smallest absolute Gasteiger partial charge is 0.339 e. The van der Waals surface area contributed by atoms with Crippen LogP contribution in [0, 0.1) is 12.8 Å². The molecule has 112 valence electrons. The molecule has 0 aliphatic heterocycles. The zero-order valence-electron chi connectivity index (χ0n) is 12.9. The fourth-order valence-corrected chi connectivity index (χ4v) is 1.80. The van der Waals surface area contributed by atoms with Crippen molar-refractivity contribution in [3.05, 3.63) is 23.4 Å². The van der Waals surface area contributed by atoms with Gasteiger partial charge in [-0.1, -0.05) is 13.8 Å². The van der Waals surface area contributed by atoms with E-state index in [2.05, 4.69) is 24.1 Å². The number of aromatic nitrogens is 1. The van der Waals surface area contributed by atoms with Crippen LogP contribution >= 0.6 is 0 Å². The summed E-state index contributed by atoms with van der Waals surface area (Å²) in [5.41, 5.74) is 1.14. The molecule has 0 fully saturated rings. The van der Waals surface area contributed by atoms with E-state index in [1.165, 1.54) is 7.11 Å². The molecule has 0 spiro atoms. The molecule has 0 saturated heterocycles. The van der Waals surface area contributed by atoms with E-state index in [1.807, 2.05) is 6.92 Å². The second-order valence-corrected chi connectivity index (χ2v) is 4.98. The minimum absolute atomic E-state index is 0.186. The van der Waals surface area contributed by atoms with E-state index in [0.29, 0.717) is 30.4 Å². The molecule has 0 aliphatic rings. The van der Waals surface area contributed by atoms with Crippen LogP contribution in [0.3, 0.4) is 0 Å². The van der Waals surface area contributed by atoms with Crippen molar-refractivity contribution in [1.82, 2.24) is 4.98 Å². The van der Waals surface area contributed by atoms with E-state index >= 15 is 0 Å². The first kappa shape index (κ1) is 16.4. The van der Waals surface area contributed by atoms with E-state index in [1.54, 1.807) is 19.1 Å². The SMILES string of the molecule is CCOCC(Nc1ccc(C(=O)OC)c(C)n1)C(C)C. The summed E-state index contributed by atoms with van der Waals surface area (Å²) < 4.78 is 10.2. The Labute approximate surface area is 120 Å². The predicted molar refractivity (Wildman–Crippen MR) is 79.1 cm³/mol. The van der Waals surface area contributed by atoms with Gasteiger partial charge in [0.25, 0.3) is 0 Å². The third-order valence-electron chi connectivity index (χ3n) is 3.13. The van der Waals surface area contributed by atoms with Gasteiger partial charge in [-0.25, -0.2) is 9.78 Å². The lowest BCUT2D eigenvalue weighted by Crippen LogP contribution is -2.31. The van der Waals surface area contributed by atoms with Gasteiger partial charge in [0.15, 0.2) is 0 Å². The number of esters is 1. The van der Waals surface area contributed by atoms with Crippen molar-refractivity contribution in [3.8, 4) is 0 Å². The number of aryl methyl sites for hydroxylation is 1. The van der Waals surface area contributed by atoms with Crippen molar-refractivity contribution >= 4 is 11.8 Å². The van der Waals surface area contributed by atoms with Gasteiger partial charge in [0.2, 0.25) is 0 Å². The van der Waals surface area contributed by atoms with Gasteiger partial charge in [0.1, 0.15) is 5.82 Å². The molecule has 1 N–H and O–H groups in total. The number of ether oxygens (including phenoxy) is 2. The van der Waals surface area contributed by atoms with Gasteiger partial charge in [-0.2, -0.15) is 0 Å². The summed E-state index contributed by atoms with van der Waals surface area (Å²) in [7, 11) is 1.37. The van der Waals surface area contributed by atoms with Gasteiger partial charge in [0, 0.05) is 6.61 Å². The highest BCUT2D eigenvalue weighted by atomic mass is 16.5. The molecule has 1 unspecified atom stereocenters. The van der Waals surface area contributed by atoms with Gasteiger partial charge in [0.05, 0.1) is 31.0 Å². The molecule has 0 bridgehead atoms. The lowest BCUT2D eigenvalue weighted by molar-refractivity contribution is 0.0599. The molecule has 5 nitrogen and oxygen atoms in total. The quantitative estimate of drug-likeness (QED) is 0.778. The molecule has 1 atom stereocenters. The van der Waals surface area contributed by atoms with Gasteiger partial charge in [-0.15, -0.1) is 0 Å². The lowest BCUT2D eigenvalue weighted by atomic mass is 10.1. The highest BCUT2D eigenvalue weighted by Crippen LogP contribution is 2.15. The molecule has 0 amide bonds. The molecule has 20 heavy (non-hydrogen) atoms. The van der Waals surface area contributed by atoms with Crippen LogP contribution in [-0.4, -0.2) is 37.3 Å². The fraction of sp³-hybridized carbons (Fsp3) is 0.600. The summed E-state index contributed by atoms with van der Waals surface area (Å²) in [4.78, 5) is 15.9. The zero-order valence-corrected chi connectivity index (χ0v) is 12.9. The average molecular weight is 280 g/mol. The number of pyridine rings is 1. The van der Waals surface area contributed by atoms with Crippen molar-refractivity contribution in [2.75, 3.05) is 25.6 Å². The number of carbonyl (C=O) groups excluding carboxylic acids is 1. The Balaban J connectivity index is 2.81. The van der Waals surface area contributed by atoms with Crippen molar-refractivity contribution in [2.24, 2.45) is 5.92 Å². The molecule has 1 aromatic heterocycles. The Bertz CT molecular complexity index is 447. The van der Waals surface area contributed by atoms with Crippen molar-refractivity contribution in [1.29, 1.82) is 0 Å². The Morgan fingerprint density at radius 2 is 2.10 bits per heavy atom. The third-order valence-corrected chi connectivity index (χ3v) is 3.13. The molecule has 0 saturated carbocycles. The Morgan fingerprint density at radius 3 is 2.60 bits per heavy atom. The molecule has 0 aromatic carbocycles. The van der Waals surface area contributed by atoms with E-state index in [9.17, 15) is 4.79 Å². The molecule has 1 rings (SSSR count). The molecule has 5 heteroatoms. The van der Waals surface area contributed by atoms with Gasteiger partial charge in [-0.3, -0.25) is 0 Å². The van der Waals surface area contributed by atoms with Crippen LogP contribution in [-0.2, 0) is 9.47 Å².